The number of hydrogen-bond acceptors (Lipinski definition) is 3. The van der Waals surface area contributed by atoms with Crippen molar-refractivity contribution < 1.29 is 0 Å². The van der Waals surface area contributed by atoms with Crippen molar-refractivity contribution in [2.45, 2.75) is 25.7 Å². The Morgan fingerprint density at radius 1 is 1.12 bits per heavy atom. The van der Waals surface area contributed by atoms with Crippen molar-refractivity contribution in [2.24, 2.45) is 17.3 Å². The molecule has 0 spiro atoms. The van der Waals surface area contributed by atoms with E-state index in [1.54, 1.807) is 11.3 Å². The molecule has 0 atom stereocenters. The van der Waals surface area contributed by atoms with Gasteiger partial charge in [-0.3, -0.25) is 0 Å². The van der Waals surface area contributed by atoms with E-state index in [9.17, 15) is 0 Å². The largest absolute Gasteiger partial charge is 0.318 e. The van der Waals surface area contributed by atoms with Gasteiger partial charge in [-0.15, -0.1) is 5.10 Å². The first-order valence-electron chi connectivity index (χ1n) is 5.98. The van der Waals surface area contributed by atoms with Crippen LogP contribution in [-0.2, 0) is 7.05 Å². The van der Waals surface area contributed by atoms with Gasteiger partial charge in [-0.1, -0.05) is 23.5 Å². The molecule has 1 aliphatic rings. The summed E-state index contributed by atoms with van der Waals surface area (Å²) in [5.74, 6) is 0. The molecule has 3 nitrogen and oxygen atoms in total. The first kappa shape index (κ1) is 10.7. The molecule has 1 heterocycles. The molecule has 1 fully saturated rings. The number of nitrogens with zero attached hydrogens (tertiary/aromatic N) is 3. The van der Waals surface area contributed by atoms with Gasteiger partial charge < -0.3 is 4.57 Å². The molecule has 1 saturated carbocycles. The molecule has 4 heteroatoms. The molecule has 0 radical (unpaired) electrons. The number of hydrogen-bond donors (Lipinski definition) is 0. The zero-order chi connectivity index (χ0) is 11.7. The predicted molar refractivity (Wildman–Crippen MR) is 72.3 cm³/mol. The fraction of sp³-hybridized carbons (Fsp3) is 0.385. The van der Waals surface area contributed by atoms with Crippen LogP contribution < -0.4 is 4.80 Å². The van der Waals surface area contributed by atoms with Crippen LogP contribution in [0.2, 0.25) is 0 Å². The lowest BCUT2D eigenvalue weighted by Crippen LogP contribution is -2.09. The summed E-state index contributed by atoms with van der Waals surface area (Å²) >= 11 is 1.70. The van der Waals surface area contributed by atoms with E-state index in [0.29, 0.717) is 0 Å². The van der Waals surface area contributed by atoms with Crippen molar-refractivity contribution in [1.29, 1.82) is 0 Å². The summed E-state index contributed by atoms with van der Waals surface area (Å²) in [5.41, 5.74) is 2.48. The van der Waals surface area contributed by atoms with Crippen LogP contribution in [0.25, 0.3) is 10.2 Å². The minimum atomic E-state index is 0.977. The average Bonchev–Trinajstić information content (AvgIpc) is 2.96. The third-order valence-electron chi connectivity index (χ3n) is 3.17. The van der Waals surface area contributed by atoms with Gasteiger partial charge in [0.25, 0.3) is 0 Å². The smallest absolute Gasteiger partial charge is 0.211 e. The highest BCUT2D eigenvalue weighted by Crippen LogP contribution is 2.16. The summed E-state index contributed by atoms with van der Waals surface area (Å²) in [6, 6.07) is 8.36. The molecule has 0 N–H and O–H groups in total. The first-order chi connectivity index (χ1) is 8.34. The molecule has 0 amide bonds. The van der Waals surface area contributed by atoms with Crippen LogP contribution in [0.15, 0.2) is 34.5 Å². The number of rotatable bonds is 1. The van der Waals surface area contributed by atoms with Crippen LogP contribution in [-0.4, -0.2) is 10.3 Å². The number of aromatic nitrogens is 1. The highest BCUT2D eigenvalue weighted by atomic mass is 32.1. The molecule has 1 aromatic heterocycles. The molecular weight excluding hydrogens is 230 g/mol. The quantitative estimate of drug-likeness (QED) is 0.691. The lowest BCUT2D eigenvalue weighted by atomic mass is 10.3. The number of benzene rings is 1. The Bertz CT molecular complexity index is 625. The van der Waals surface area contributed by atoms with E-state index in [-0.39, 0.29) is 0 Å². The molecule has 17 heavy (non-hydrogen) atoms. The van der Waals surface area contributed by atoms with E-state index < -0.39 is 0 Å². The molecule has 0 unspecified atom stereocenters. The molecule has 3 rings (SSSR count). The Hall–Kier alpha value is -1.42. The topological polar surface area (TPSA) is 29.6 Å². The second-order valence-corrected chi connectivity index (χ2v) is 5.39. The van der Waals surface area contributed by atoms with E-state index in [4.69, 9.17) is 0 Å². The van der Waals surface area contributed by atoms with Crippen LogP contribution in [0.4, 0.5) is 0 Å². The molecule has 88 valence electrons. The van der Waals surface area contributed by atoms with Gasteiger partial charge in [-0.05, 0) is 37.8 Å². The summed E-state index contributed by atoms with van der Waals surface area (Å²) in [5, 5.41) is 8.78. The third kappa shape index (κ3) is 2.05. The van der Waals surface area contributed by atoms with Crippen molar-refractivity contribution in [2.75, 3.05) is 0 Å². The lowest BCUT2D eigenvalue weighted by Gasteiger charge is -1.93. The number of thiazole rings is 1. The van der Waals surface area contributed by atoms with Crippen molar-refractivity contribution in [3.05, 3.63) is 29.1 Å². The van der Waals surface area contributed by atoms with Gasteiger partial charge in [0.1, 0.15) is 0 Å². The molecule has 1 aromatic carbocycles. The normalized spacial score (nSPS) is 17.0. The molecular formula is C13H15N3S. The highest BCUT2D eigenvalue weighted by molar-refractivity contribution is 7.16. The van der Waals surface area contributed by atoms with Gasteiger partial charge in [0.15, 0.2) is 0 Å². The SMILES string of the molecule is Cn1c(=NN=C2CCCC2)sc2ccccc21. The van der Waals surface area contributed by atoms with Crippen LogP contribution in [0, 0.1) is 0 Å². The lowest BCUT2D eigenvalue weighted by molar-refractivity contribution is 0.886. The molecule has 0 bridgehead atoms. The summed E-state index contributed by atoms with van der Waals surface area (Å²) in [7, 11) is 2.05. The van der Waals surface area contributed by atoms with Crippen LogP contribution >= 0.6 is 11.3 Å². The second-order valence-electron chi connectivity index (χ2n) is 4.38. The van der Waals surface area contributed by atoms with Crippen molar-refractivity contribution in [3.63, 3.8) is 0 Å². The number of fused-ring (bicyclic) bond motifs is 1. The Labute approximate surface area is 104 Å². The predicted octanol–water partition coefficient (Wildman–Crippen LogP) is 3.07. The molecule has 2 aromatic rings. The summed E-state index contributed by atoms with van der Waals surface area (Å²) in [4.78, 5) is 0.977. The Morgan fingerprint density at radius 3 is 2.65 bits per heavy atom. The standard InChI is InChI=1S/C13H15N3S/c1-16-11-8-4-5-9-12(11)17-13(16)15-14-10-6-2-3-7-10/h4-5,8-9H,2-3,6-7H2,1H3. The zero-order valence-electron chi connectivity index (χ0n) is 9.89. The number of para-hydroxylation sites is 1. The second kappa shape index (κ2) is 4.45. The van der Waals surface area contributed by atoms with Gasteiger partial charge in [-0.25, -0.2) is 0 Å². The first-order valence-corrected chi connectivity index (χ1v) is 6.80. The van der Waals surface area contributed by atoms with E-state index in [2.05, 4.69) is 39.0 Å². The maximum atomic E-state index is 4.39. The highest BCUT2D eigenvalue weighted by Gasteiger charge is 2.07. The Kier molecular flexibility index (Phi) is 2.81. The van der Waals surface area contributed by atoms with Gasteiger partial charge in [0.05, 0.1) is 10.2 Å². The monoisotopic (exact) mass is 245 g/mol. The fourth-order valence-electron chi connectivity index (χ4n) is 2.17. The molecule has 1 aliphatic carbocycles. The van der Waals surface area contributed by atoms with Gasteiger partial charge >= 0.3 is 0 Å². The van der Waals surface area contributed by atoms with Gasteiger partial charge in [0.2, 0.25) is 4.80 Å². The fourth-order valence-corrected chi connectivity index (χ4v) is 3.14. The van der Waals surface area contributed by atoms with Crippen molar-refractivity contribution >= 4 is 27.3 Å². The van der Waals surface area contributed by atoms with E-state index in [1.165, 1.54) is 28.8 Å². The van der Waals surface area contributed by atoms with Crippen molar-refractivity contribution in [1.82, 2.24) is 4.57 Å². The Balaban J connectivity index is 2.08. The summed E-state index contributed by atoms with van der Waals surface area (Å²) < 4.78 is 3.37. The minimum Gasteiger partial charge on any atom is -0.318 e. The van der Waals surface area contributed by atoms with Crippen LogP contribution in [0.3, 0.4) is 0 Å². The minimum absolute atomic E-state index is 0.977. The average molecular weight is 245 g/mol. The maximum absolute atomic E-state index is 4.39. The summed E-state index contributed by atoms with van der Waals surface area (Å²) in [6.07, 6.45) is 4.79. The van der Waals surface area contributed by atoms with Crippen LogP contribution in [0.5, 0.6) is 0 Å². The van der Waals surface area contributed by atoms with Crippen molar-refractivity contribution in [3.8, 4) is 0 Å². The van der Waals surface area contributed by atoms with Crippen LogP contribution in [0.1, 0.15) is 25.7 Å². The Morgan fingerprint density at radius 2 is 1.88 bits per heavy atom. The molecule has 0 saturated heterocycles. The van der Waals surface area contributed by atoms with E-state index in [1.807, 2.05) is 7.05 Å². The number of aryl methyl sites for hydroxylation is 1. The van der Waals surface area contributed by atoms with Gasteiger partial charge in [0, 0.05) is 12.8 Å². The molecule has 0 aliphatic heterocycles. The van der Waals surface area contributed by atoms with E-state index in [0.717, 1.165) is 17.6 Å². The van der Waals surface area contributed by atoms with Gasteiger partial charge in [-0.2, -0.15) is 5.10 Å². The summed E-state index contributed by atoms with van der Waals surface area (Å²) in [6.45, 7) is 0. The van der Waals surface area contributed by atoms with E-state index >= 15 is 0 Å². The zero-order valence-corrected chi connectivity index (χ0v) is 10.7. The maximum Gasteiger partial charge on any atom is 0.211 e. The third-order valence-corrected chi connectivity index (χ3v) is 4.28.